The van der Waals surface area contributed by atoms with Crippen molar-refractivity contribution in [3.8, 4) is 0 Å². The van der Waals surface area contributed by atoms with E-state index >= 15 is 0 Å². The van der Waals surface area contributed by atoms with Crippen molar-refractivity contribution in [2.24, 2.45) is 0 Å². The second-order valence-corrected chi connectivity index (χ2v) is 5.60. The summed E-state index contributed by atoms with van der Waals surface area (Å²) < 4.78 is 7.49. The molecule has 1 aliphatic heterocycles. The zero-order chi connectivity index (χ0) is 11.0. The molecule has 0 spiro atoms. The Kier molecular flexibility index (Phi) is 2.83. The molecule has 0 radical (unpaired) electrons. The predicted molar refractivity (Wildman–Crippen MR) is 70.4 cm³/mol. The Morgan fingerprint density at radius 1 is 1.31 bits per heavy atom. The highest BCUT2D eigenvalue weighted by molar-refractivity contribution is 9.10. The van der Waals surface area contributed by atoms with Crippen LogP contribution in [-0.2, 0) is 4.74 Å². The zero-order valence-corrected chi connectivity index (χ0v) is 11.1. The molecule has 0 saturated carbocycles. The Morgan fingerprint density at radius 2 is 2.12 bits per heavy atom. The summed E-state index contributed by atoms with van der Waals surface area (Å²) in [5, 5.41) is 2.58. The summed E-state index contributed by atoms with van der Waals surface area (Å²) in [5.41, 5.74) is 0. The van der Waals surface area contributed by atoms with Gasteiger partial charge in [-0.3, -0.25) is 0 Å². The summed E-state index contributed by atoms with van der Waals surface area (Å²) in [6, 6.07) is 4.30. The van der Waals surface area contributed by atoms with Crippen LogP contribution in [0.15, 0.2) is 22.9 Å². The Bertz CT molecular complexity index is 508. The van der Waals surface area contributed by atoms with Gasteiger partial charge in [0.1, 0.15) is 4.60 Å². The van der Waals surface area contributed by atoms with Gasteiger partial charge < -0.3 is 9.64 Å². The number of morpholine rings is 1. The van der Waals surface area contributed by atoms with Gasteiger partial charge in [0.2, 0.25) is 0 Å². The minimum Gasteiger partial charge on any atom is -0.378 e. The maximum Gasteiger partial charge on any atom is 0.106 e. The number of aromatic nitrogens is 1. The third-order valence-corrected chi connectivity index (χ3v) is 4.26. The number of fused-ring (bicyclic) bond motifs is 1. The highest BCUT2D eigenvalue weighted by Gasteiger charge is 2.13. The normalized spacial score (nSPS) is 16.9. The van der Waals surface area contributed by atoms with E-state index in [4.69, 9.17) is 4.74 Å². The van der Waals surface area contributed by atoms with Gasteiger partial charge in [-0.1, -0.05) is 0 Å². The van der Waals surface area contributed by atoms with Crippen LogP contribution in [0.25, 0.3) is 10.1 Å². The fourth-order valence-corrected chi connectivity index (χ4v) is 3.26. The molecule has 84 valence electrons. The summed E-state index contributed by atoms with van der Waals surface area (Å²) in [6.45, 7) is 3.63. The van der Waals surface area contributed by atoms with Crippen molar-refractivity contribution >= 4 is 42.4 Å². The fraction of sp³-hybridized carbons (Fsp3) is 0.364. The predicted octanol–water partition coefficient (Wildman–Crippen LogP) is 2.90. The fourth-order valence-electron chi connectivity index (χ4n) is 1.84. The first-order valence-corrected chi connectivity index (χ1v) is 6.82. The maximum absolute atomic E-state index is 5.36. The van der Waals surface area contributed by atoms with Gasteiger partial charge in [-0.05, 0) is 33.4 Å². The molecule has 2 aromatic heterocycles. The average molecular weight is 299 g/mol. The van der Waals surface area contributed by atoms with Crippen LogP contribution in [0.2, 0.25) is 0 Å². The van der Waals surface area contributed by atoms with Crippen molar-refractivity contribution in [3.05, 3.63) is 22.9 Å². The molecule has 2 aromatic rings. The lowest BCUT2D eigenvalue weighted by atomic mass is 10.3. The molecule has 1 saturated heterocycles. The second kappa shape index (κ2) is 4.31. The number of thiophene rings is 1. The molecular formula is C11H11BrN2OS. The van der Waals surface area contributed by atoms with Gasteiger partial charge in [-0.15, -0.1) is 11.3 Å². The number of hydrogen-bond acceptors (Lipinski definition) is 4. The molecule has 0 aromatic carbocycles. The summed E-state index contributed by atoms with van der Waals surface area (Å²) in [4.78, 5) is 6.63. The van der Waals surface area contributed by atoms with Crippen molar-refractivity contribution < 1.29 is 4.74 Å². The maximum atomic E-state index is 5.36. The molecule has 1 fully saturated rings. The van der Waals surface area contributed by atoms with Crippen LogP contribution >= 0.6 is 27.3 Å². The SMILES string of the molecule is Brc1cc2cc(N3CCOCC3)sc2cn1. The standard InChI is InChI=1S/C11H11BrN2OS/c12-10-5-8-6-11(16-9(8)7-13-10)14-1-3-15-4-2-14/h5-7H,1-4H2. The van der Waals surface area contributed by atoms with Crippen molar-refractivity contribution in [1.82, 2.24) is 4.98 Å². The lowest BCUT2D eigenvalue weighted by molar-refractivity contribution is 0.123. The van der Waals surface area contributed by atoms with Crippen LogP contribution in [0.1, 0.15) is 0 Å². The van der Waals surface area contributed by atoms with Gasteiger partial charge in [0.15, 0.2) is 0 Å². The Balaban J connectivity index is 1.97. The largest absolute Gasteiger partial charge is 0.378 e. The zero-order valence-electron chi connectivity index (χ0n) is 8.65. The molecule has 0 atom stereocenters. The number of pyridine rings is 1. The molecule has 5 heteroatoms. The molecule has 0 N–H and O–H groups in total. The van der Waals surface area contributed by atoms with E-state index in [1.54, 1.807) is 11.3 Å². The number of rotatable bonds is 1. The van der Waals surface area contributed by atoms with Crippen LogP contribution in [0, 0.1) is 0 Å². The Hall–Kier alpha value is -0.650. The summed E-state index contributed by atoms with van der Waals surface area (Å²) in [6.07, 6.45) is 1.92. The molecule has 0 bridgehead atoms. The smallest absolute Gasteiger partial charge is 0.106 e. The highest BCUT2D eigenvalue weighted by Crippen LogP contribution is 2.33. The molecular weight excluding hydrogens is 288 g/mol. The number of ether oxygens (including phenoxy) is 1. The lowest BCUT2D eigenvalue weighted by Crippen LogP contribution is -2.35. The van der Waals surface area contributed by atoms with Crippen molar-refractivity contribution in [2.45, 2.75) is 0 Å². The van der Waals surface area contributed by atoms with Gasteiger partial charge >= 0.3 is 0 Å². The molecule has 3 heterocycles. The Labute approximate surface area is 106 Å². The third-order valence-electron chi connectivity index (χ3n) is 2.68. The lowest BCUT2D eigenvalue weighted by Gasteiger charge is -2.27. The van der Waals surface area contributed by atoms with Crippen LogP contribution in [-0.4, -0.2) is 31.3 Å². The van der Waals surface area contributed by atoms with Crippen molar-refractivity contribution in [3.63, 3.8) is 0 Å². The van der Waals surface area contributed by atoms with Crippen LogP contribution < -0.4 is 4.90 Å². The molecule has 3 rings (SSSR count). The number of anilines is 1. The second-order valence-electron chi connectivity index (χ2n) is 3.73. The monoisotopic (exact) mass is 298 g/mol. The van der Waals surface area contributed by atoms with E-state index < -0.39 is 0 Å². The first-order chi connectivity index (χ1) is 7.83. The van der Waals surface area contributed by atoms with E-state index in [0.29, 0.717) is 0 Å². The summed E-state index contributed by atoms with van der Waals surface area (Å²) in [7, 11) is 0. The quantitative estimate of drug-likeness (QED) is 0.757. The average Bonchev–Trinajstić information content (AvgIpc) is 2.73. The van der Waals surface area contributed by atoms with E-state index in [1.165, 1.54) is 15.1 Å². The molecule has 3 nitrogen and oxygen atoms in total. The highest BCUT2D eigenvalue weighted by atomic mass is 79.9. The van der Waals surface area contributed by atoms with E-state index in [1.807, 2.05) is 6.20 Å². The van der Waals surface area contributed by atoms with E-state index in [9.17, 15) is 0 Å². The first-order valence-electron chi connectivity index (χ1n) is 5.21. The van der Waals surface area contributed by atoms with Crippen molar-refractivity contribution in [1.29, 1.82) is 0 Å². The van der Waals surface area contributed by atoms with Gasteiger partial charge in [0, 0.05) is 19.3 Å². The molecule has 16 heavy (non-hydrogen) atoms. The number of hydrogen-bond donors (Lipinski definition) is 0. The Morgan fingerprint density at radius 3 is 2.94 bits per heavy atom. The number of nitrogens with zero attached hydrogens (tertiary/aromatic N) is 2. The molecule has 0 amide bonds. The van der Waals surface area contributed by atoms with Crippen molar-refractivity contribution in [2.75, 3.05) is 31.2 Å². The first kappa shape index (κ1) is 10.5. The minimum atomic E-state index is 0.830. The summed E-state index contributed by atoms with van der Waals surface area (Å²) in [5.74, 6) is 0. The van der Waals surface area contributed by atoms with Gasteiger partial charge in [-0.2, -0.15) is 0 Å². The molecule has 0 unspecified atom stereocenters. The topological polar surface area (TPSA) is 25.4 Å². The van der Waals surface area contributed by atoms with E-state index in [2.05, 4.69) is 37.9 Å². The molecule has 0 aliphatic carbocycles. The van der Waals surface area contributed by atoms with Crippen LogP contribution in [0.3, 0.4) is 0 Å². The van der Waals surface area contributed by atoms with Gasteiger partial charge in [0.25, 0.3) is 0 Å². The third kappa shape index (κ3) is 1.95. The van der Waals surface area contributed by atoms with Crippen LogP contribution in [0.4, 0.5) is 5.00 Å². The van der Waals surface area contributed by atoms with E-state index in [-0.39, 0.29) is 0 Å². The molecule has 1 aliphatic rings. The van der Waals surface area contributed by atoms with Gasteiger partial charge in [-0.25, -0.2) is 4.98 Å². The van der Waals surface area contributed by atoms with Crippen LogP contribution in [0.5, 0.6) is 0 Å². The van der Waals surface area contributed by atoms with E-state index in [0.717, 1.165) is 30.9 Å². The minimum absolute atomic E-state index is 0.830. The summed E-state index contributed by atoms with van der Waals surface area (Å²) >= 11 is 5.20. The van der Waals surface area contributed by atoms with Gasteiger partial charge in [0.05, 0.1) is 22.9 Å². The number of halogens is 1.